The number of aromatic nitrogens is 1. The van der Waals surface area contributed by atoms with Gasteiger partial charge in [0, 0.05) is 34.5 Å². The van der Waals surface area contributed by atoms with Gasteiger partial charge in [0.15, 0.2) is 0 Å². The molecule has 6 heteroatoms. The molecule has 0 fully saturated rings. The molecule has 1 aromatic heterocycles. The molecule has 136 valence electrons. The Balaban J connectivity index is 2.41. The fourth-order valence-corrected chi connectivity index (χ4v) is 3.17. The highest BCUT2D eigenvalue weighted by atomic mass is 19.1. The van der Waals surface area contributed by atoms with Gasteiger partial charge in [0.1, 0.15) is 5.83 Å². The Morgan fingerprint density at radius 1 is 1.22 bits per heavy atom. The van der Waals surface area contributed by atoms with Gasteiger partial charge in [0.25, 0.3) is 5.91 Å². The molecule has 2 aromatic carbocycles. The second kappa shape index (κ2) is 6.92. The third kappa shape index (κ3) is 3.25. The Hall–Kier alpha value is -3.67. The Kier molecular flexibility index (Phi) is 4.64. The average molecular weight is 363 g/mol. The first-order chi connectivity index (χ1) is 12.8. The first-order valence-corrected chi connectivity index (χ1v) is 8.17. The molecule has 0 bridgehead atoms. The van der Waals surface area contributed by atoms with Gasteiger partial charge >= 0.3 is 0 Å². The summed E-state index contributed by atoms with van der Waals surface area (Å²) >= 11 is 0. The predicted molar refractivity (Wildman–Crippen MR) is 107 cm³/mol. The lowest BCUT2D eigenvalue weighted by molar-refractivity contribution is -0.114. The van der Waals surface area contributed by atoms with Crippen molar-refractivity contribution in [2.24, 2.45) is 5.73 Å². The fraction of sp³-hybridized carbons (Fsp3) is 0.0476. The van der Waals surface area contributed by atoms with Crippen LogP contribution >= 0.6 is 0 Å². The van der Waals surface area contributed by atoms with Gasteiger partial charge < -0.3 is 16.0 Å². The molecule has 27 heavy (non-hydrogen) atoms. The fourth-order valence-electron chi connectivity index (χ4n) is 3.17. The number of H-pyrrole nitrogens is 1. The van der Waals surface area contributed by atoms with Gasteiger partial charge in [0.2, 0.25) is 5.91 Å². The van der Waals surface area contributed by atoms with Crippen LogP contribution in [0, 0.1) is 0 Å². The van der Waals surface area contributed by atoms with Crippen molar-refractivity contribution in [1.29, 1.82) is 0 Å². The van der Waals surface area contributed by atoms with Crippen LogP contribution in [0.4, 0.5) is 10.1 Å². The summed E-state index contributed by atoms with van der Waals surface area (Å²) in [6, 6.07) is 8.45. The number of nitrogens with two attached hydrogens (primary N) is 1. The maximum atomic E-state index is 14.1. The first-order valence-electron chi connectivity index (χ1n) is 8.17. The molecule has 0 saturated heterocycles. The summed E-state index contributed by atoms with van der Waals surface area (Å²) in [5.41, 5.74) is 8.37. The number of primary amides is 1. The third-order valence-corrected chi connectivity index (χ3v) is 4.21. The summed E-state index contributed by atoms with van der Waals surface area (Å²) in [6.45, 7) is 8.43. The summed E-state index contributed by atoms with van der Waals surface area (Å²) in [5, 5.41) is 4.10. The van der Waals surface area contributed by atoms with Crippen LogP contribution in [0.15, 0.2) is 61.5 Å². The SMILES string of the molecule is C=CC=C(C(=C)F)c1ccc(C(N)=O)c2[nH]c3cc(NC(C)=O)ccc3c12. The maximum absolute atomic E-state index is 14.1. The van der Waals surface area contributed by atoms with Crippen molar-refractivity contribution in [3.05, 3.63) is 72.6 Å². The quantitative estimate of drug-likeness (QED) is 0.586. The van der Waals surface area contributed by atoms with Gasteiger partial charge in [-0.1, -0.05) is 37.4 Å². The largest absolute Gasteiger partial charge is 0.366 e. The van der Waals surface area contributed by atoms with E-state index in [1.54, 1.807) is 30.3 Å². The number of aromatic amines is 1. The molecule has 1 heterocycles. The molecule has 5 nitrogen and oxygen atoms in total. The van der Waals surface area contributed by atoms with E-state index in [2.05, 4.69) is 23.5 Å². The van der Waals surface area contributed by atoms with Crippen LogP contribution in [-0.4, -0.2) is 16.8 Å². The summed E-state index contributed by atoms with van der Waals surface area (Å²) in [6.07, 6.45) is 2.99. The number of anilines is 1. The lowest BCUT2D eigenvalue weighted by Crippen LogP contribution is -2.11. The van der Waals surface area contributed by atoms with Crippen LogP contribution in [0.1, 0.15) is 22.8 Å². The Morgan fingerprint density at radius 2 is 1.93 bits per heavy atom. The third-order valence-electron chi connectivity index (χ3n) is 4.21. The topological polar surface area (TPSA) is 88.0 Å². The van der Waals surface area contributed by atoms with Gasteiger partial charge in [-0.2, -0.15) is 0 Å². The molecular formula is C21H18FN3O2. The second-order valence-corrected chi connectivity index (χ2v) is 6.06. The van der Waals surface area contributed by atoms with E-state index in [9.17, 15) is 14.0 Å². The van der Waals surface area contributed by atoms with Crippen LogP contribution in [0.25, 0.3) is 27.4 Å². The van der Waals surface area contributed by atoms with E-state index in [4.69, 9.17) is 5.73 Å². The molecule has 0 aliphatic heterocycles. The highest BCUT2D eigenvalue weighted by Crippen LogP contribution is 2.37. The van der Waals surface area contributed by atoms with E-state index in [-0.39, 0.29) is 17.0 Å². The molecule has 0 radical (unpaired) electrons. The van der Waals surface area contributed by atoms with Crippen molar-refractivity contribution in [2.75, 3.05) is 5.32 Å². The van der Waals surface area contributed by atoms with Crippen molar-refractivity contribution < 1.29 is 14.0 Å². The number of nitrogens with one attached hydrogen (secondary N) is 2. The van der Waals surface area contributed by atoms with Gasteiger partial charge in [-0.3, -0.25) is 9.59 Å². The smallest absolute Gasteiger partial charge is 0.250 e. The zero-order valence-electron chi connectivity index (χ0n) is 14.7. The lowest BCUT2D eigenvalue weighted by atomic mass is 9.96. The molecule has 3 aromatic rings. The van der Waals surface area contributed by atoms with E-state index in [0.29, 0.717) is 27.7 Å². The second-order valence-electron chi connectivity index (χ2n) is 6.06. The number of halogens is 1. The summed E-state index contributed by atoms with van der Waals surface area (Å²) in [7, 11) is 0. The monoisotopic (exact) mass is 363 g/mol. The van der Waals surface area contributed by atoms with Crippen LogP contribution < -0.4 is 11.1 Å². The number of benzene rings is 2. The number of hydrogen-bond donors (Lipinski definition) is 3. The Labute approximate surface area is 155 Å². The molecule has 0 aliphatic rings. The molecule has 0 unspecified atom stereocenters. The van der Waals surface area contributed by atoms with Crippen molar-refractivity contribution >= 4 is 44.9 Å². The number of allylic oxidation sites excluding steroid dienone is 4. The van der Waals surface area contributed by atoms with Crippen LogP contribution in [0.3, 0.4) is 0 Å². The lowest BCUT2D eigenvalue weighted by Gasteiger charge is -2.09. The summed E-state index contributed by atoms with van der Waals surface area (Å²) in [5.74, 6) is -1.42. The number of hydrogen-bond acceptors (Lipinski definition) is 2. The molecule has 2 amide bonds. The number of carbonyl (C=O) groups excluding carboxylic acids is 2. The summed E-state index contributed by atoms with van der Waals surface area (Å²) < 4.78 is 14.1. The highest BCUT2D eigenvalue weighted by molar-refractivity contribution is 6.19. The van der Waals surface area contributed by atoms with Crippen molar-refractivity contribution in [2.45, 2.75) is 6.92 Å². The number of fused-ring (bicyclic) bond motifs is 3. The Morgan fingerprint density at radius 3 is 2.52 bits per heavy atom. The molecule has 0 atom stereocenters. The van der Waals surface area contributed by atoms with Crippen molar-refractivity contribution in [3.8, 4) is 0 Å². The van der Waals surface area contributed by atoms with Crippen molar-refractivity contribution in [1.82, 2.24) is 4.98 Å². The molecular weight excluding hydrogens is 345 g/mol. The zero-order valence-corrected chi connectivity index (χ0v) is 14.7. The van der Waals surface area contributed by atoms with Crippen molar-refractivity contribution in [3.63, 3.8) is 0 Å². The molecule has 0 spiro atoms. The predicted octanol–water partition coefficient (Wildman–Crippen LogP) is 4.43. The van der Waals surface area contributed by atoms with Crippen LogP contribution in [-0.2, 0) is 4.79 Å². The minimum atomic E-state index is -0.618. The van der Waals surface area contributed by atoms with E-state index in [1.807, 2.05) is 0 Å². The zero-order chi connectivity index (χ0) is 19.7. The first kappa shape index (κ1) is 18.1. The van der Waals surface area contributed by atoms with Gasteiger partial charge in [-0.15, -0.1) is 0 Å². The average Bonchev–Trinajstić information content (AvgIpc) is 2.96. The van der Waals surface area contributed by atoms with Gasteiger partial charge in [0.05, 0.1) is 11.1 Å². The van der Waals surface area contributed by atoms with Crippen LogP contribution in [0.2, 0.25) is 0 Å². The van der Waals surface area contributed by atoms with Gasteiger partial charge in [-0.05, 0) is 23.8 Å². The van der Waals surface area contributed by atoms with E-state index >= 15 is 0 Å². The highest BCUT2D eigenvalue weighted by Gasteiger charge is 2.18. The molecule has 0 aliphatic carbocycles. The van der Waals surface area contributed by atoms with E-state index < -0.39 is 11.7 Å². The molecule has 0 saturated carbocycles. The minimum Gasteiger partial charge on any atom is -0.366 e. The van der Waals surface area contributed by atoms with Gasteiger partial charge in [-0.25, -0.2) is 4.39 Å². The molecule has 3 rings (SSSR count). The van der Waals surface area contributed by atoms with Crippen LogP contribution in [0.5, 0.6) is 0 Å². The standard InChI is InChI=1S/C21H18FN3O2/c1-4-5-14(11(2)22)15-8-9-17(21(23)27)20-19(15)16-7-6-13(24-12(3)26)10-18(16)25-20/h4-10,25H,1-2H2,3H3,(H2,23,27)(H,24,26). The van der Waals surface area contributed by atoms with E-state index in [0.717, 1.165) is 5.39 Å². The Bertz CT molecular complexity index is 1160. The normalized spacial score (nSPS) is 11.6. The molecule has 4 N–H and O–H groups in total. The maximum Gasteiger partial charge on any atom is 0.250 e. The minimum absolute atomic E-state index is 0.200. The van der Waals surface area contributed by atoms with E-state index in [1.165, 1.54) is 19.1 Å². The number of amides is 2. The number of carbonyl (C=O) groups is 2. The summed E-state index contributed by atoms with van der Waals surface area (Å²) in [4.78, 5) is 26.3. The number of rotatable bonds is 5.